The zero-order valence-electron chi connectivity index (χ0n) is 10.9. The minimum Gasteiger partial charge on any atom is -0.442 e. The second-order valence-corrected chi connectivity index (χ2v) is 4.07. The Morgan fingerprint density at radius 2 is 2.00 bits per heavy atom. The van der Waals surface area contributed by atoms with Crippen molar-refractivity contribution in [3.05, 3.63) is 22.6 Å². The van der Waals surface area contributed by atoms with Gasteiger partial charge in [0.05, 0.1) is 12.2 Å². The van der Waals surface area contributed by atoms with Gasteiger partial charge in [0, 0.05) is 6.92 Å². The quantitative estimate of drug-likeness (QED) is 0.604. The largest absolute Gasteiger partial charge is 0.442 e. The minimum absolute atomic E-state index is 0.0166. The number of allylic oxidation sites excluding steroid dienone is 1. The number of nitrogens with two attached hydrogens (primary N) is 1. The van der Waals surface area contributed by atoms with Crippen molar-refractivity contribution < 1.29 is 9.47 Å². The SMILES string of the molecule is CCCCO[C@@]1(C)OC(N)=C(C#N)C1=C(C#N)C#N. The average Bonchev–Trinajstić information content (AvgIpc) is 2.63. The van der Waals surface area contributed by atoms with E-state index in [9.17, 15) is 0 Å². The molecule has 0 spiro atoms. The topological polar surface area (TPSA) is 116 Å². The molecule has 1 aliphatic rings. The molecule has 1 aliphatic heterocycles. The molecule has 1 atom stereocenters. The van der Waals surface area contributed by atoms with Gasteiger partial charge in [-0.25, -0.2) is 0 Å². The number of ether oxygens (including phenoxy) is 2. The van der Waals surface area contributed by atoms with Crippen LogP contribution in [0.15, 0.2) is 22.6 Å². The standard InChI is InChI=1S/C13H14N4O2/c1-3-4-5-18-13(2)11(9(6-14)7-15)10(8-16)12(17)19-13/h3-5,17H2,1-2H3/t13-/m0/s1. The van der Waals surface area contributed by atoms with Gasteiger partial charge >= 0.3 is 0 Å². The molecule has 0 bridgehead atoms. The third-order valence-corrected chi connectivity index (χ3v) is 2.72. The van der Waals surface area contributed by atoms with E-state index in [0.717, 1.165) is 12.8 Å². The number of hydrogen-bond acceptors (Lipinski definition) is 6. The first kappa shape index (κ1) is 14.6. The van der Waals surface area contributed by atoms with Crippen LogP contribution in [-0.4, -0.2) is 12.4 Å². The van der Waals surface area contributed by atoms with Gasteiger partial charge in [0.1, 0.15) is 29.4 Å². The third kappa shape index (κ3) is 2.68. The van der Waals surface area contributed by atoms with Gasteiger partial charge in [-0.3, -0.25) is 0 Å². The Hall–Kier alpha value is -2.49. The van der Waals surface area contributed by atoms with Crippen molar-refractivity contribution in [2.75, 3.05) is 6.61 Å². The summed E-state index contributed by atoms with van der Waals surface area (Å²) in [4.78, 5) is 0. The molecule has 0 saturated heterocycles. The van der Waals surface area contributed by atoms with Crippen molar-refractivity contribution in [3.8, 4) is 18.2 Å². The molecular formula is C13H14N4O2. The summed E-state index contributed by atoms with van der Waals surface area (Å²) >= 11 is 0. The molecule has 0 radical (unpaired) electrons. The average molecular weight is 258 g/mol. The summed E-state index contributed by atoms with van der Waals surface area (Å²) in [5.41, 5.74) is 5.47. The van der Waals surface area contributed by atoms with Gasteiger partial charge in [-0.1, -0.05) is 13.3 Å². The molecule has 6 heteroatoms. The first-order valence-electron chi connectivity index (χ1n) is 5.82. The predicted octanol–water partition coefficient (Wildman–Crippen LogP) is 1.59. The van der Waals surface area contributed by atoms with Crippen LogP contribution in [0.2, 0.25) is 0 Å². The highest BCUT2D eigenvalue weighted by Crippen LogP contribution is 2.39. The van der Waals surface area contributed by atoms with E-state index in [1.54, 1.807) is 19.1 Å². The lowest BCUT2D eigenvalue weighted by molar-refractivity contribution is -0.165. The molecule has 2 N–H and O–H groups in total. The van der Waals surface area contributed by atoms with Crippen molar-refractivity contribution in [3.63, 3.8) is 0 Å². The Balaban J connectivity index is 3.24. The van der Waals surface area contributed by atoms with Crippen LogP contribution < -0.4 is 5.73 Å². The summed E-state index contributed by atoms with van der Waals surface area (Å²) in [5.74, 6) is -1.48. The number of rotatable bonds is 4. The van der Waals surface area contributed by atoms with E-state index in [0.29, 0.717) is 6.61 Å². The highest BCUT2D eigenvalue weighted by molar-refractivity contribution is 5.59. The fourth-order valence-electron chi connectivity index (χ4n) is 1.77. The molecule has 19 heavy (non-hydrogen) atoms. The lowest BCUT2D eigenvalue weighted by Gasteiger charge is -2.26. The predicted molar refractivity (Wildman–Crippen MR) is 65.4 cm³/mol. The first-order chi connectivity index (χ1) is 9.03. The van der Waals surface area contributed by atoms with Crippen LogP contribution in [0.5, 0.6) is 0 Å². The van der Waals surface area contributed by atoms with E-state index >= 15 is 0 Å². The van der Waals surface area contributed by atoms with Crippen LogP contribution in [0.1, 0.15) is 26.7 Å². The van der Waals surface area contributed by atoms with Crippen LogP contribution in [0.25, 0.3) is 0 Å². The van der Waals surface area contributed by atoms with E-state index < -0.39 is 5.79 Å². The summed E-state index contributed by atoms with van der Waals surface area (Å²) in [6.07, 6.45) is 1.72. The molecule has 0 aliphatic carbocycles. The smallest absolute Gasteiger partial charge is 0.239 e. The van der Waals surface area contributed by atoms with Crippen LogP contribution in [-0.2, 0) is 9.47 Å². The highest BCUT2D eigenvalue weighted by Gasteiger charge is 2.45. The molecule has 6 nitrogen and oxygen atoms in total. The summed E-state index contributed by atoms with van der Waals surface area (Å²) in [5, 5.41) is 27.0. The van der Waals surface area contributed by atoms with E-state index in [2.05, 4.69) is 0 Å². The third-order valence-electron chi connectivity index (χ3n) is 2.72. The minimum atomic E-state index is -1.36. The van der Waals surface area contributed by atoms with Gasteiger partial charge in [0.2, 0.25) is 11.7 Å². The second kappa shape index (κ2) is 5.91. The van der Waals surface area contributed by atoms with Gasteiger partial charge in [0.15, 0.2) is 0 Å². The zero-order chi connectivity index (χ0) is 14.5. The molecule has 0 amide bonds. The molecule has 0 fully saturated rings. The molecule has 0 aromatic carbocycles. The van der Waals surface area contributed by atoms with Gasteiger partial charge in [-0.2, -0.15) is 15.8 Å². The lowest BCUT2D eigenvalue weighted by Crippen LogP contribution is -2.32. The second-order valence-electron chi connectivity index (χ2n) is 4.07. The molecule has 1 rings (SSSR count). The maximum absolute atomic E-state index is 9.07. The van der Waals surface area contributed by atoms with Crippen molar-refractivity contribution in [1.29, 1.82) is 15.8 Å². The number of unbranched alkanes of at least 4 members (excludes halogenated alkanes) is 1. The van der Waals surface area contributed by atoms with Crippen molar-refractivity contribution >= 4 is 0 Å². The summed E-state index contributed by atoms with van der Waals surface area (Å²) < 4.78 is 10.9. The molecule has 0 unspecified atom stereocenters. The maximum Gasteiger partial charge on any atom is 0.239 e. The fourth-order valence-corrected chi connectivity index (χ4v) is 1.77. The van der Waals surface area contributed by atoms with Gasteiger partial charge < -0.3 is 15.2 Å². The fraction of sp³-hybridized carbons (Fsp3) is 0.462. The molecule has 1 heterocycles. The lowest BCUT2D eigenvalue weighted by atomic mass is 9.97. The monoisotopic (exact) mass is 258 g/mol. The summed E-state index contributed by atoms with van der Waals surface area (Å²) in [7, 11) is 0. The number of nitriles is 3. The maximum atomic E-state index is 9.07. The van der Waals surface area contributed by atoms with E-state index in [1.165, 1.54) is 0 Å². The van der Waals surface area contributed by atoms with Gasteiger partial charge in [-0.05, 0) is 6.42 Å². The van der Waals surface area contributed by atoms with Crippen molar-refractivity contribution in [2.45, 2.75) is 32.5 Å². The van der Waals surface area contributed by atoms with Gasteiger partial charge in [-0.15, -0.1) is 0 Å². The Bertz CT molecular complexity index is 541. The summed E-state index contributed by atoms with van der Waals surface area (Å²) in [6.45, 7) is 3.93. The highest BCUT2D eigenvalue weighted by atomic mass is 16.7. The van der Waals surface area contributed by atoms with E-state index in [-0.39, 0.29) is 22.6 Å². The van der Waals surface area contributed by atoms with Crippen molar-refractivity contribution in [1.82, 2.24) is 0 Å². The molecule has 0 aromatic rings. The van der Waals surface area contributed by atoms with Crippen LogP contribution in [0, 0.1) is 34.0 Å². The van der Waals surface area contributed by atoms with Crippen LogP contribution in [0.3, 0.4) is 0 Å². The molecule has 0 aromatic heterocycles. The Morgan fingerprint density at radius 3 is 2.47 bits per heavy atom. The Kier molecular flexibility index (Phi) is 4.53. The molecular weight excluding hydrogens is 244 g/mol. The zero-order valence-corrected chi connectivity index (χ0v) is 10.9. The molecule has 0 saturated carbocycles. The normalized spacial score (nSPS) is 21.3. The van der Waals surface area contributed by atoms with E-state index in [4.69, 9.17) is 31.0 Å². The number of hydrogen-bond donors (Lipinski definition) is 1. The first-order valence-corrected chi connectivity index (χ1v) is 5.82. The Labute approximate surface area is 111 Å². The van der Waals surface area contributed by atoms with Crippen molar-refractivity contribution in [2.24, 2.45) is 5.73 Å². The van der Waals surface area contributed by atoms with E-state index in [1.807, 2.05) is 13.0 Å². The molecule has 98 valence electrons. The van der Waals surface area contributed by atoms with Crippen LogP contribution >= 0.6 is 0 Å². The Morgan fingerprint density at radius 1 is 1.37 bits per heavy atom. The van der Waals surface area contributed by atoms with Crippen LogP contribution in [0.4, 0.5) is 0 Å². The van der Waals surface area contributed by atoms with Gasteiger partial charge in [0.25, 0.3) is 0 Å². The number of nitrogens with zero attached hydrogens (tertiary/aromatic N) is 3. The summed E-state index contributed by atoms with van der Waals surface area (Å²) in [6, 6.07) is 5.33.